The molecule has 0 aliphatic rings. The third-order valence-corrected chi connectivity index (χ3v) is 5.22. The van der Waals surface area contributed by atoms with E-state index in [0.717, 1.165) is 25.1 Å². The van der Waals surface area contributed by atoms with Crippen LogP contribution in [-0.4, -0.2) is 21.0 Å². The topological polar surface area (TPSA) is 58.2 Å². The number of rotatable bonds is 8. The van der Waals surface area contributed by atoms with Gasteiger partial charge in [-0.1, -0.05) is 26.7 Å². The Morgan fingerprint density at radius 1 is 1.05 bits per heavy atom. The number of sulfonamides is 1. The zero-order valence-electron chi connectivity index (χ0n) is 12.8. The zero-order valence-corrected chi connectivity index (χ0v) is 13.6. The van der Waals surface area contributed by atoms with Crippen molar-refractivity contribution in [2.24, 2.45) is 5.92 Å². The van der Waals surface area contributed by atoms with Crippen molar-refractivity contribution in [3.05, 3.63) is 24.3 Å². The fourth-order valence-corrected chi connectivity index (χ4v) is 3.67. The highest BCUT2D eigenvalue weighted by Gasteiger charge is 2.21. The molecule has 0 radical (unpaired) electrons. The Hall–Kier alpha value is -1.07. The lowest BCUT2D eigenvalue weighted by Gasteiger charge is -2.22. The average molecular weight is 298 g/mol. The van der Waals surface area contributed by atoms with Crippen LogP contribution < -0.4 is 10.0 Å². The van der Waals surface area contributed by atoms with Crippen LogP contribution in [0.3, 0.4) is 0 Å². The van der Waals surface area contributed by atoms with E-state index < -0.39 is 10.0 Å². The standard InChI is InChI=1S/C15H26N2O2S/c1-5-13(6-2)12(4)17-20(18,19)15-10-8-14(9-11-15)16-7-3/h8-13,16-17H,5-7H2,1-4H3. The van der Waals surface area contributed by atoms with Gasteiger partial charge < -0.3 is 5.32 Å². The summed E-state index contributed by atoms with van der Waals surface area (Å²) in [6.07, 6.45) is 1.94. The SMILES string of the molecule is CCNc1ccc(S(=O)(=O)NC(C)C(CC)CC)cc1. The number of anilines is 1. The molecular weight excluding hydrogens is 272 g/mol. The molecule has 114 valence electrons. The lowest BCUT2D eigenvalue weighted by atomic mass is 9.96. The molecule has 0 aromatic heterocycles. The first-order chi connectivity index (χ1) is 9.44. The summed E-state index contributed by atoms with van der Waals surface area (Å²) in [5, 5.41) is 3.15. The summed E-state index contributed by atoms with van der Waals surface area (Å²) < 4.78 is 27.4. The maximum Gasteiger partial charge on any atom is 0.240 e. The second-order valence-corrected chi connectivity index (χ2v) is 6.76. The van der Waals surface area contributed by atoms with E-state index in [1.807, 2.05) is 13.8 Å². The highest BCUT2D eigenvalue weighted by molar-refractivity contribution is 7.89. The Bertz CT molecular complexity index is 493. The Morgan fingerprint density at radius 3 is 2.05 bits per heavy atom. The smallest absolute Gasteiger partial charge is 0.240 e. The zero-order chi connectivity index (χ0) is 15.2. The van der Waals surface area contributed by atoms with Crippen LogP contribution in [0.15, 0.2) is 29.2 Å². The van der Waals surface area contributed by atoms with Crippen molar-refractivity contribution in [2.45, 2.75) is 51.5 Å². The van der Waals surface area contributed by atoms with Gasteiger partial charge in [-0.05, 0) is 44.0 Å². The van der Waals surface area contributed by atoms with Crippen molar-refractivity contribution < 1.29 is 8.42 Å². The molecule has 0 heterocycles. The summed E-state index contributed by atoms with van der Waals surface area (Å²) in [6.45, 7) is 8.93. The fraction of sp³-hybridized carbons (Fsp3) is 0.600. The van der Waals surface area contributed by atoms with Crippen LogP contribution in [0.1, 0.15) is 40.5 Å². The maximum absolute atomic E-state index is 12.3. The molecule has 1 atom stereocenters. The van der Waals surface area contributed by atoms with Gasteiger partial charge in [0.25, 0.3) is 0 Å². The first-order valence-electron chi connectivity index (χ1n) is 7.30. The fourth-order valence-electron chi connectivity index (χ4n) is 2.36. The molecule has 0 saturated carbocycles. The summed E-state index contributed by atoms with van der Waals surface area (Å²) in [6, 6.07) is 6.81. The van der Waals surface area contributed by atoms with E-state index in [0.29, 0.717) is 10.8 Å². The minimum Gasteiger partial charge on any atom is -0.385 e. The molecule has 0 saturated heterocycles. The Labute approximate surface area is 123 Å². The van der Waals surface area contributed by atoms with Crippen molar-refractivity contribution in [3.63, 3.8) is 0 Å². The van der Waals surface area contributed by atoms with Crippen molar-refractivity contribution in [3.8, 4) is 0 Å². The Balaban J connectivity index is 2.82. The van der Waals surface area contributed by atoms with Gasteiger partial charge in [0.05, 0.1) is 4.90 Å². The van der Waals surface area contributed by atoms with Crippen molar-refractivity contribution in [1.82, 2.24) is 4.72 Å². The maximum atomic E-state index is 12.3. The van der Waals surface area contributed by atoms with Gasteiger partial charge in [-0.2, -0.15) is 0 Å². The largest absolute Gasteiger partial charge is 0.385 e. The van der Waals surface area contributed by atoms with Gasteiger partial charge >= 0.3 is 0 Å². The summed E-state index contributed by atoms with van der Waals surface area (Å²) in [7, 11) is -3.43. The van der Waals surface area contributed by atoms with Crippen molar-refractivity contribution in [2.75, 3.05) is 11.9 Å². The second kappa shape index (κ2) is 7.64. The molecule has 0 spiro atoms. The molecule has 0 amide bonds. The van der Waals surface area contributed by atoms with Gasteiger partial charge in [0, 0.05) is 18.3 Å². The van der Waals surface area contributed by atoms with E-state index >= 15 is 0 Å². The van der Waals surface area contributed by atoms with E-state index in [1.54, 1.807) is 24.3 Å². The lowest BCUT2D eigenvalue weighted by Crippen LogP contribution is -2.37. The number of benzene rings is 1. The van der Waals surface area contributed by atoms with E-state index in [4.69, 9.17) is 0 Å². The van der Waals surface area contributed by atoms with E-state index in [1.165, 1.54) is 0 Å². The van der Waals surface area contributed by atoms with Crippen LogP contribution in [0.4, 0.5) is 5.69 Å². The molecule has 0 aliphatic heterocycles. The molecule has 5 heteroatoms. The summed E-state index contributed by atoms with van der Waals surface area (Å²) in [5.74, 6) is 0.366. The van der Waals surface area contributed by atoms with Crippen LogP contribution in [0.5, 0.6) is 0 Å². The van der Waals surface area contributed by atoms with Crippen LogP contribution in [0.2, 0.25) is 0 Å². The highest BCUT2D eigenvalue weighted by atomic mass is 32.2. The van der Waals surface area contributed by atoms with Crippen molar-refractivity contribution >= 4 is 15.7 Å². The quantitative estimate of drug-likeness (QED) is 0.774. The molecule has 2 N–H and O–H groups in total. The van der Waals surface area contributed by atoms with Gasteiger partial charge in [-0.15, -0.1) is 0 Å². The molecular formula is C15H26N2O2S. The molecule has 0 fully saturated rings. The lowest BCUT2D eigenvalue weighted by molar-refractivity contribution is 0.391. The molecule has 20 heavy (non-hydrogen) atoms. The average Bonchev–Trinajstić information content (AvgIpc) is 2.40. The van der Waals surface area contributed by atoms with Crippen LogP contribution in [-0.2, 0) is 10.0 Å². The molecule has 1 aromatic rings. The summed E-state index contributed by atoms with van der Waals surface area (Å²) >= 11 is 0. The summed E-state index contributed by atoms with van der Waals surface area (Å²) in [4.78, 5) is 0.317. The number of nitrogens with one attached hydrogen (secondary N) is 2. The Morgan fingerprint density at radius 2 is 1.60 bits per heavy atom. The predicted molar refractivity (Wildman–Crippen MR) is 84.5 cm³/mol. The normalized spacial score (nSPS) is 13.4. The third-order valence-electron chi connectivity index (χ3n) is 3.64. The van der Waals surface area contributed by atoms with Crippen molar-refractivity contribution in [1.29, 1.82) is 0 Å². The van der Waals surface area contributed by atoms with E-state index in [9.17, 15) is 8.42 Å². The van der Waals surface area contributed by atoms with Gasteiger partial charge in [0.2, 0.25) is 10.0 Å². The number of hydrogen-bond donors (Lipinski definition) is 2. The predicted octanol–water partition coefficient (Wildman–Crippen LogP) is 3.22. The van der Waals surface area contributed by atoms with Gasteiger partial charge in [0.15, 0.2) is 0 Å². The van der Waals surface area contributed by atoms with Crippen LogP contribution >= 0.6 is 0 Å². The molecule has 1 aromatic carbocycles. The minimum absolute atomic E-state index is 0.0524. The molecule has 0 aliphatic carbocycles. The van der Waals surface area contributed by atoms with Gasteiger partial charge in [-0.25, -0.2) is 13.1 Å². The van der Waals surface area contributed by atoms with Gasteiger partial charge in [-0.3, -0.25) is 0 Å². The molecule has 1 unspecified atom stereocenters. The first kappa shape index (κ1) is 17.0. The molecule has 0 bridgehead atoms. The van der Waals surface area contributed by atoms with Crippen LogP contribution in [0, 0.1) is 5.92 Å². The Kier molecular flexibility index (Phi) is 6.49. The third kappa shape index (κ3) is 4.49. The monoisotopic (exact) mass is 298 g/mol. The van der Waals surface area contributed by atoms with E-state index in [2.05, 4.69) is 23.9 Å². The highest BCUT2D eigenvalue weighted by Crippen LogP contribution is 2.18. The minimum atomic E-state index is -3.43. The molecule has 4 nitrogen and oxygen atoms in total. The molecule has 1 rings (SSSR count). The summed E-state index contributed by atoms with van der Waals surface area (Å²) in [5.41, 5.74) is 0.930. The number of hydrogen-bond acceptors (Lipinski definition) is 3. The van der Waals surface area contributed by atoms with Gasteiger partial charge in [0.1, 0.15) is 0 Å². The first-order valence-corrected chi connectivity index (χ1v) is 8.79. The van der Waals surface area contributed by atoms with Crippen LogP contribution in [0.25, 0.3) is 0 Å². The second-order valence-electron chi connectivity index (χ2n) is 5.04. The van der Waals surface area contributed by atoms with E-state index in [-0.39, 0.29) is 6.04 Å².